The van der Waals surface area contributed by atoms with Crippen molar-refractivity contribution in [2.45, 2.75) is 31.6 Å². The maximum Gasteiger partial charge on any atom is 0.168 e. The van der Waals surface area contributed by atoms with Gasteiger partial charge in [-0.2, -0.15) is 0 Å². The minimum atomic E-state index is -0.421. The number of rotatable bonds is 2. The summed E-state index contributed by atoms with van der Waals surface area (Å²) in [5, 5.41) is 4.04. The van der Waals surface area contributed by atoms with Crippen LogP contribution in [-0.4, -0.2) is 12.0 Å². The Labute approximate surface area is 117 Å². The molecule has 0 atom stereocenters. The van der Waals surface area contributed by atoms with E-state index in [1.54, 1.807) is 6.07 Å². The molecule has 2 nitrogen and oxygen atoms in total. The second kappa shape index (κ2) is 4.97. The second-order valence-electron chi connectivity index (χ2n) is 5.08. The van der Waals surface area contributed by atoms with Gasteiger partial charge in [-0.05, 0) is 31.0 Å². The first kappa shape index (κ1) is 12.7. The van der Waals surface area contributed by atoms with Gasteiger partial charge in [0.05, 0.1) is 5.02 Å². The van der Waals surface area contributed by atoms with Gasteiger partial charge in [-0.25, -0.2) is 9.37 Å². The predicted molar refractivity (Wildman–Crippen MR) is 77.5 cm³/mol. The third-order valence-corrected chi connectivity index (χ3v) is 4.23. The van der Waals surface area contributed by atoms with Crippen LogP contribution < -0.4 is 5.32 Å². The first-order valence-electron chi connectivity index (χ1n) is 6.67. The van der Waals surface area contributed by atoms with E-state index in [0.717, 1.165) is 29.6 Å². The van der Waals surface area contributed by atoms with Gasteiger partial charge >= 0.3 is 0 Å². The standard InChI is InChI=1S/C15H16ClFN2/c1-18-13-8-12(9-4-2-3-5-9)19-15-10(13)6-7-11(16)14(15)17/h6-9H,2-5H2,1H3,(H,18,19). The number of nitrogens with zero attached hydrogens (tertiary/aromatic N) is 1. The molecule has 0 unspecified atom stereocenters. The molecular formula is C15H16ClFN2. The lowest BCUT2D eigenvalue weighted by Crippen LogP contribution is -2.01. The van der Waals surface area contributed by atoms with Gasteiger partial charge < -0.3 is 5.32 Å². The third-order valence-electron chi connectivity index (χ3n) is 3.94. The van der Waals surface area contributed by atoms with Crippen molar-refractivity contribution in [1.82, 2.24) is 4.98 Å². The molecule has 1 heterocycles. The molecule has 0 bridgehead atoms. The Bertz CT molecular complexity index is 621. The molecular weight excluding hydrogens is 263 g/mol. The van der Waals surface area contributed by atoms with E-state index in [9.17, 15) is 4.39 Å². The maximum absolute atomic E-state index is 14.2. The van der Waals surface area contributed by atoms with Crippen LogP contribution in [-0.2, 0) is 0 Å². The number of hydrogen-bond acceptors (Lipinski definition) is 2. The van der Waals surface area contributed by atoms with Crippen LogP contribution >= 0.6 is 11.6 Å². The zero-order valence-corrected chi connectivity index (χ0v) is 11.6. The summed E-state index contributed by atoms with van der Waals surface area (Å²) in [5.74, 6) is 0.0328. The molecule has 19 heavy (non-hydrogen) atoms. The van der Waals surface area contributed by atoms with Crippen LogP contribution in [0.2, 0.25) is 5.02 Å². The summed E-state index contributed by atoms with van der Waals surface area (Å²) in [6, 6.07) is 5.45. The molecule has 1 aliphatic carbocycles. The lowest BCUT2D eigenvalue weighted by atomic mass is 10.0. The van der Waals surface area contributed by atoms with Gasteiger partial charge in [0.25, 0.3) is 0 Å². The molecule has 1 aromatic carbocycles. The van der Waals surface area contributed by atoms with Crippen molar-refractivity contribution in [2.75, 3.05) is 12.4 Å². The molecule has 3 rings (SSSR count). The van der Waals surface area contributed by atoms with E-state index in [4.69, 9.17) is 11.6 Å². The molecule has 0 saturated heterocycles. The number of benzene rings is 1. The summed E-state index contributed by atoms with van der Waals surface area (Å²) in [5.41, 5.74) is 2.28. The van der Waals surface area contributed by atoms with Crippen LogP contribution in [0.1, 0.15) is 37.3 Å². The second-order valence-corrected chi connectivity index (χ2v) is 5.49. The zero-order valence-electron chi connectivity index (χ0n) is 10.8. The van der Waals surface area contributed by atoms with Gasteiger partial charge in [-0.15, -0.1) is 0 Å². The molecule has 1 N–H and O–H groups in total. The van der Waals surface area contributed by atoms with Crippen LogP contribution in [0.25, 0.3) is 10.9 Å². The normalized spacial score (nSPS) is 16.2. The summed E-state index contributed by atoms with van der Waals surface area (Å²) in [7, 11) is 1.85. The number of hydrogen-bond donors (Lipinski definition) is 1. The number of aromatic nitrogens is 1. The minimum Gasteiger partial charge on any atom is -0.388 e. The summed E-state index contributed by atoms with van der Waals surface area (Å²) >= 11 is 5.86. The summed E-state index contributed by atoms with van der Waals surface area (Å²) in [4.78, 5) is 4.53. The SMILES string of the molecule is CNc1cc(C2CCCC2)nc2c(F)c(Cl)ccc12. The minimum absolute atomic E-state index is 0.130. The third kappa shape index (κ3) is 2.16. The molecule has 100 valence electrons. The van der Waals surface area contributed by atoms with Crippen molar-refractivity contribution < 1.29 is 4.39 Å². The molecule has 1 aliphatic rings. The van der Waals surface area contributed by atoms with Gasteiger partial charge in [-0.3, -0.25) is 0 Å². The summed E-state index contributed by atoms with van der Waals surface area (Å²) < 4.78 is 14.2. The van der Waals surface area contributed by atoms with Crippen LogP contribution in [0, 0.1) is 5.82 Å². The molecule has 4 heteroatoms. The van der Waals surface area contributed by atoms with E-state index in [2.05, 4.69) is 10.3 Å². The van der Waals surface area contributed by atoms with Crippen molar-refractivity contribution in [3.05, 3.63) is 34.7 Å². The smallest absolute Gasteiger partial charge is 0.168 e. The van der Waals surface area contributed by atoms with E-state index in [0.29, 0.717) is 11.4 Å². The van der Waals surface area contributed by atoms with E-state index in [1.807, 2.05) is 19.2 Å². The van der Waals surface area contributed by atoms with Crippen molar-refractivity contribution in [2.24, 2.45) is 0 Å². The first-order valence-corrected chi connectivity index (χ1v) is 7.05. The van der Waals surface area contributed by atoms with Gasteiger partial charge in [0.1, 0.15) is 5.52 Å². The van der Waals surface area contributed by atoms with Crippen LogP contribution in [0.3, 0.4) is 0 Å². The van der Waals surface area contributed by atoms with Crippen LogP contribution in [0.4, 0.5) is 10.1 Å². The van der Waals surface area contributed by atoms with Crippen LogP contribution in [0.15, 0.2) is 18.2 Å². The Balaban J connectivity index is 2.22. The van der Waals surface area contributed by atoms with E-state index in [-0.39, 0.29) is 5.02 Å². The lowest BCUT2D eigenvalue weighted by molar-refractivity contribution is 0.634. The van der Waals surface area contributed by atoms with Crippen molar-refractivity contribution in [3.8, 4) is 0 Å². The van der Waals surface area contributed by atoms with E-state index >= 15 is 0 Å². The average Bonchev–Trinajstić information content (AvgIpc) is 2.96. The highest BCUT2D eigenvalue weighted by atomic mass is 35.5. The number of nitrogens with one attached hydrogen (secondary N) is 1. The molecule has 2 aromatic rings. The molecule has 0 amide bonds. The van der Waals surface area contributed by atoms with Gasteiger partial charge in [0, 0.05) is 29.7 Å². The van der Waals surface area contributed by atoms with E-state index in [1.165, 1.54) is 12.8 Å². The largest absolute Gasteiger partial charge is 0.388 e. The quantitative estimate of drug-likeness (QED) is 0.859. The molecule has 0 aliphatic heterocycles. The highest BCUT2D eigenvalue weighted by Crippen LogP contribution is 2.37. The molecule has 0 radical (unpaired) electrons. The summed E-state index contributed by atoms with van der Waals surface area (Å²) in [6.07, 6.45) is 4.75. The number of halogens is 2. The molecule has 1 aromatic heterocycles. The number of anilines is 1. The maximum atomic E-state index is 14.2. The van der Waals surface area contributed by atoms with Gasteiger partial charge in [0.15, 0.2) is 5.82 Å². The monoisotopic (exact) mass is 278 g/mol. The zero-order chi connectivity index (χ0) is 13.4. The first-order chi connectivity index (χ1) is 9.20. The Morgan fingerprint density at radius 1 is 1.32 bits per heavy atom. The number of fused-ring (bicyclic) bond motifs is 1. The molecule has 1 saturated carbocycles. The fourth-order valence-electron chi connectivity index (χ4n) is 2.89. The van der Waals surface area contributed by atoms with E-state index < -0.39 is 5.82 Å². The summed E-state index contributed by atoms with van der Waals surface area (Å²) in [6.45, 7) is 0. The average molecular weight is 279 g/mol. The van der Waals surface area contributed by atoms with Crippen molar-refractivity contribution in [3.63, 3.8) is 0 Å². The topological polar surface area (TPSA) is 24.9 Å². The number of pyridine rings is 1. The predicted octanol–water partition coefficient (Wildman–Crippen LogP) is 4.73. The molecule has 1 fully saturated rings. The Morgan fingerprint density at radius 2 is 2.05 bits per heavy atom. The van der Waals surface area contributed by atoms with Gasteiger partial charge in [0.2, 0.25) is 0 Å². The van der Waals surface area contributed by atoms with Crippen molar-refractivity contribution >= 4 is 28.2 Å². The van der Waals surface area contributed by atoms with Crippen LogP contribution in [0.5, 0.6) is 0 Å². The fraction of sp³-hybridized carbons (Fsp3) is 0.400. The fourth-order valence-corrected chi connectivity index (χ4v) is 3.04. The lowest BCUT2D eigenvalue weighted by Gasteiger charge is -2.14. The van der Waals surface area contributed by atoms with Crippen molar-refractivity contribution in [1.29, 1.82) is 0 Å². The Hall–Kier alpha value is -1.35. The van der Waals surface area contributed by atoms with Gasteiger partial charge in [-0.1, -0.05) is 24.4 Å². The highest BCUT2D eigenvalue weighted by Gasteiger charge is 2.21. The Kier molecular flexibility index (Phi) is 3.31. The highest BCUT2D eigenvalue weighted by molar-refractivity contribution is 6.31. The molecule has 0 spiro atoms. The Morgan fingerprint density at radius 3 is 2.74 bits per heavy atom.